The summed E-state index contributed by atoms with van der Waals surface area (Å²) in [6, 6.07) is 0. The van der Waals surface area contributed by atoms with E-state index in [9.17, 15) is 4.79 Å². The molecule has 0 radical (unpaired) electrons. The molecule has 0 aromatic carbocycles. The Hall–Kier alpha value is -0.510. The van der Waals surface area contributed by atoms with Gasteiger partial charge in [-0.3, -0.25) is 4.79 Å². The van der Waals surface area contributed by atoms with E-state index in [1.54, 1.807) is 11.8 Å². The Bertz CT molecular complexity index is 342. The van der Waals surface area contributed by atoms with E-state index >= 15 is 0 Å². The summed E-state index contributed by atoms with van der Waals surface area (Å²) in [6.45, 7) is 2.94. The lowest BCUT2D eigenvalue weighted by Gasteiger charge is -2.22. The van der Waals surface area contributed by atoms with Crippen molar-refractivity contribution < 1.29 is 4.79 Å². The number of thioether (sulfide) groups is 1. The van der Waals surface area contributed by atoms with Crippen LogP contribution in [0.3, 0.4) is 0 Å². The Kier molecular flexibility index (Phi) is 2.70. The normalized spacial score (nSPS) is 41.6. The number of rotatable bonds is 2. The van der Waals surface area contributed by atoms with Crippen LogP contribution < -0.4 is 5.32 Å². The molecule has 1 aliphatic heterocycles. The SMILES string of the molecule is C[C@H]1SC(NCC2C[C@@H]3CCC2C3)=NC1=O. The second kappa shape index (κ2) is 4.06. The summed E-state index contributed by atoms with van der Waals surface area (Å²) >= 11 is 1.57. The smallest absolute Gasteiger partial charge is 0.261 e. The molecule has 0 aromatic rings. The molecule has 4 atom stereocenters. The Morgan fingerprint density at radius 1 is 1.44 bits per heavy atom. The highest BCUT2D eigenvalue weighted by Gasteiger charge is 2.39. The monoisotopic (exact) mass is 238 g/mol. The van der Waals surface area contributed by atoms with Crippen molar-refractivity contribution in [3.8, 4) is 0 Å². The van der Waals surface area contributed by atoms with E-state index in [4.69, 9.17) is 0 Å². The van der Waals surface area contributed by atoms with Gasteiger partial charge in [-0.1, -0.05) is 18.2 Å². The molecule has 1 amide bonds. The minimum absolute atomic E-state index is 0.0143. The van der Waals surface area contributed by atoms with Gasteiger partial charge in [-0.2, -0.15) is 4.99 Å². The van der Waals surface area contributed by atoms with Crippen molar-refractivity contribution in [1.82, 2.24) is 5.32 Å². The quantitative estimate of drug-likeness (QED) is 0.800. The topological polar surface area (TPSA) is 41.5 Å². The molecule has 88 valence electrons. The van der Waals surface area contributed by atoms with Gasteiger partial charge in [-0.05, 0) is 43.9 Å². The summed E-state index contributed by atoms with van der Waals surface area (Å²) in [5.74, 6) is 2.78. The maximum absolute atomic E-state index is 11.3. The number of carbonyl (C=O) groups is 1. The molecular formula is C12H18N2OS. The number of amidine groups is 1. The minimum atomic E-state index is 0.0143. The first kappa shape index (κ1) is 10.6. The van der Waals surface area contributed by atoms with E-state index < -0.39 is 0 Å². The van der Waals surface area contributed by atoms with E-state index in [-0.39, 0.29) is 11.2 Å². The second-order valence-corrected chi connectivity index (χ2v) is 6.66. The molecule has 1 heterocycles. The fraction of sp³-hybridized carbons (Fsp3) is 0.833. The lowest BCUT2D eigenvalue weighted by atomic mass is 9.89. The number of fused-ring (bicyclic) bond motifs is 2. The first-order valence-electron chi connectivity index (χ1n) is 6.25. The Balaban J connectivity index is 1.51. The molecule has 0 aromatic heterocycles. The zero-order chi connectivity index (χ0) is 11.1. The van der Waals surface area contributed by atoms with Crippen molar-refractivity contribution in [1.29, 1.82) is 0 Å². The molecule has 3 rings (SSSR count). The van der Waals surface area contributed by atoms with Crippen LogP contribution in [0, 0.1) is 17.8 Å². The van der Waals surface area contributed by atoms with Gasteiger partial charge in [-0.15, -0.1) is 0 Å². The average Bonchev–Trinajstić information content (AvgIpc) is 2.92. The van der Waals surface area contributed by atoms with E-state index in [0.717, 1.165) is 29.5 Å². The second-order valence-electron chi connectivity index (χ2n) is 5.33. The molecule has 3 aliphatic rings. The molecule has 2 bridgehead atoms. The van der Waals surface area contributed by atoms with Crippen LogP contribution >= 0.6 is 11.8 Å². The van der Waals surface area contributed by atoms with Gasteiger partial charge in [0.25, 0.3) is 5.91 Å². The van der Waals surface area contributed by atoms with Gasteiger partial charge in [0.2, 0.25) is 0 Å². The van der Waals surface area contributed by atoms with Gasteiger partial charge in [0.05, 0.1) is 5.25 Å². The number of carbonyl (C=O) groups excluding carboxylic acids is 1. The fourth-order valence-corrected chi connectivity index (χ4v) is 4.16. The van der Waals surface area contributed by atoms with Crippen LogP contribution in [0.5, 0.6) is 0 Å². The molecule has 0 spiro atoms. The third kappa shape index (κ3) is 1.88. The summed E-state index contributed by atoms with van der Waals surface area (Å²) in [4.78, 5) is 15.3. The Morgan fingerprint density at radius 2 is 2.31 bits per heavy atom. The van der Waals surface area contributed by atoms with Gasteiger partial charge < -0.3 is 5.32 Å². The van der Waals surface area contributed by atoms with E-state index in [0.29, 0.717) is 0 Å². The Morgan fingerprint density at radius 3 is 2.88 bits per heavy atom. The molecule has 0 saturated heterocycles. The summed E-state index contributed by atoms with van der Waals surface area (Å²) in [7, 11) is 0. The third-order valence-corrected chi connectivity index (χ3v) is 5.26. The number of hydrogen-bond donors (Lipinski definition) is 1. The van der Waals surface area contributed by atoms with Crippen LogP contribution in [0.1, 0.15) is 32.6 Å². The molecular weight excluding hydrogens is 220 g/mol. The standard InChI is InChI=1S/C12H18N2OS/c1-7-11(15)14-12(16-7)13-6-10-5-8-2-3-9(10)4-8/h7-10H,2-6H2,1H3,(H,13,14,15)/t7-,8-,9?,10?/m1/s1. The highest BCUT2D eigenvalue weighted by Crippen LogP contribution is 2.48. The van der Waals surface area contributed by atoms with Gasteiger partial charge in [-0.25, -0.2) is 0 Å². The van der Waals surface area contributed by atoms with E-state index in [1.165, 1.54) is 25.7 Å². The summed E-state index contributed by atoms with van der Waals surface area (Å²) in [5, 5.41) is 4.23. The van der Waals surface area contributed by atoms with Crippen molar-refractivity contribution in [2.45, 2.75) is 37.9 Å². The Labute approximate surface area is 100 Å². The molecule has 16 heavy (non-hydrogen) atoms. The minimum Gasteiger partial charge on any atom is -0.364 e. The zero-order valence-corrected chi connectivity index (χ0v) is 10.4. The van der Waals surface area contributed by atoms with Crippen LogP contribution in [0.25, 0.3) is 0 Å². The maximum atomic E-state index is 11.3. The van der Waals surface area contributed by atoms with Crippen molar-refractivity contribution in [3.05, 3.63) is 0 Å². The summed E-state index contributed by atoms with van der Waals surface area (Å²) in [6.07, 6.45) is 5.71. The van der Waals surface area contributed by atoms with Crippen LogP contribution in [0.4, 0.5) is 0 Å². The van der Waals surface area contributed by atoms with Crippen molar-refractivity contribution in [2.75, 3.05) is 6.54 Å². The number of aliphatic imine (C=N–C) groups is 1. The lowest BCUT2D eigenvalue weighted by Crippen LogP contribution is -2.29. The van der Waals surface area contributed by atoms with Gasteiger partial charge in [0.15, 0.2) is 5.17 Å². The van der Waals surface area contributed by atoms with E-state index in [2.05, 4.69) is 10.3 Å². The first-order chi connectivity index (χ1) is 7.72. The van der Waals surface area contributed by atoms with Gasteiger partial charge >= 0.3 is 0 Å². The number of nitrogens with one attached hydrogen (secondary N) is 1. The molecule has 2 saturated carbocycles. The zero-order valence-electron chi connectivity index (χ0n) is 9.61. The molecule has 1 N–H and O–H groups in total. The van der Waals surface area contributed by atoms with E-state index in [1.807, 2.05) is 6.92 Å². The van der Waals surface area contributed by atoms with Crippen LogP contribution in [-0.4, -0.2) is 22.9 Å². The molecule has 2 fully saturated rings. The number of nitrogens with zero attached hydrogens (tertiary/aromatic N) is 1. The first-order valence-corrected chi connectivity index (χ1v) is 7.13. The largest absolute Gasteiger partial charge is 0.364 e. The summed E-state index contributed by atoms with van der Waals surface area (Å²) < 4.78 is 0. The molecule has 2 unspecified atom stereocenters. The molecule has 2 aliphatic carbocycles. The fourth-order valence-electron chi connectivity index (χ4n) is 3.36. The van der Waals surface area contributed by atoms with Crippen LogP contribution in [0.15, 0.2) is 4.99 Å². The highest BCUT2D eigenvalue weighted by molar-refractivity contribution is 8.15. The summed E-state index contributed by atoms with van der Waals surface area (Å²) in [5.41, 5.74) is 0. The predicted molar refractivity (Wildman–Crippen MR) is 66.4 cm³/mol. The highest BCUT2D eigenvalue weighted by atomic mass is 32.2. The van der Waals surface area contributed by atoms with Crippen LogP contribution in [-0.2, 0) is 4.79 Å². The predicted octanol–water partition coefficient (Wildman–Crippen LogP) is 2.03. The van der Waals surface area contributed by atoms with Crippen molar-refractivity contribution in [3.63, 3.8) is 0 Å². The molecule has 3 nitrogen and oxygen atoms in total. The van der Waals surface area contributed by atoms with Crippen molar-refractivity contribution in [2.24, 2.45) is 22.7 Å². The number of amides is 1. The maximum Gasteiger partial charge on any atom is 0.261 e. The molecule has 4 heteroatoms. The lowest BCUT2D eigenvalue weighted by molar-refractivity contribution is -0.116. The van der Waals surface area contributed by atoms with Crippen molar-refractivity contribution >= 4 is 22.8 Å². The van der Waals surface area contributed by atoms with Crippen LogP contribution in [0.2, 0.25) is 0 Å². The van der Waals surface area contributed by atoms with Gasteiger partial charge in [0, 0.05) is 6.54 Å². The average molecular weight is 238 g/mol. The third-order valence-electron chi connectivity index (χ3n) is 4.25. The van der Waals surface area contributed by atoms with Gasteiger partial charge in [0.1, 0.15) is 0 Å². The number of hydrogen-bond acceptors (Lipinski definition) is 3.